The quantitative estimate of drug-likeness (QED) is 0.452. The van der Waals surface area contributed by atoms with Crippen LogP contribution in [-0.2, 0) is 19.1 Å². The van der Waals surface area contributed by atoms with E-state index in [2.05, 4.69) is 9.97 Å². The molecule has 2 aliphatic heterocycles. The van der Waals surface area contributed by atoms with Crippen molar-refractivity contribution in [3.63, 3.8) is 0 Å². The van der Waals surface area contributed by atoms with Crippen molar-refractivity contribution in [1.82, 2.24) is 14.9 Å². The van der Waals surface area contributed by atoms with E-state index in [1.165, 1.54) is 0 Å². The molecule has 0 amide bonds. The number of rotatable bonds is 5. The number of aromatic nitrogens is 2. The molecule has 0 unspecified atom stereocenters. The van der Waals surface area contributed by atoms with Crippen LogP contribution < -0.4 is 0 Å². The average Bonchev–Trinajstić information content (AvgIpc) is 3.15. The molecule has 0 radical (unpaired) electrons. The number of ketones is 1. The van der Waals surface area contributed by atoms with Crippen LogP contribution in [0.4, 0.5) is 0 Å². The lowest BCUT2D eigenvalue weighted by Crippen LogP contribution is -2.27. The highest BCUT2D eigenvalue weighted by molar-refractivity contribution is 6.26. The Kier molecular flexibility index (Phi) is 5.62. The lowest BCUT2D eigenvalue weighted by Gasteiger charge is -2.23. The Bertz CT molecular complexity index is 983. The Morgan fingerprint density at radius 2 is 2.10 bits per heavy atom. The minimum absolute atomic E-state index is 0.0740. The van der Waals surface area contributed by atoms with Gasteiger partial charge in [-0.1, -0.05) is 12.8 Å². The van der Waals surface area contributed by atoms with Gasteiger partial charge in [0.25, 0.3) is 0 Å². The number of hydrogen-bond acceptors (Lipinski definition) is 7. The fourth-order valence-corrected chi connectivity index (χ4v) is 3.64. The van der Waals surface area contributed by atoms with E-state index in [9.17, 15) is 9.59 Å². The summed E-state index contributed by atoms with van der Waals surface area (Å²) in [6, 6.07) is 3.71. The number of likely N-dealkylation sites (tertiary alicyclic amines) is 1. The number of Topliss-reactive ketones (excluding diaryl/α,β-unsaturated/α-hetero) is 1. The van der Waals surface area contributed by atoms with Crippen LogP contribution in [-0.4, -0.2) is 58.0 Å². The van der Waals surface area contributed by atoms with E-state index in [0.29, 0.717) is 18.7 Å². The SMILES string of the molecule is O=C(OCCO)C1=C(N2CCCCCC2)O/C(=C\c2c[nH]c3ncccc23)C1=O. The maximum Gasteiger partial charge on any atom is 0.347 e. The molecule has 4 rings (SSSR count). The largest absolute Gasteiger partial charge is 0.459 e. The lowest BCUT2D eigenvalue weighted by atomic mass is 10.1. The molecular weight excluding hydrogens is 374 g/mol. The summed E-state index contributed by atoms with van der Waals surface area (Å²) in [5, 5.41) is 9.81. The number of pyridine rings is 1. The van der Waals surface area contributed by atoms with Gasteiger partial charge in [0.1, 0.15) is 12.3 Å². The van der Waals surface area contributed by atoms with Crippen molar-refractivity contribution in [3.05, 3.63) is 47.3 Å². The topological polar surface area (TPSA) is 105 Å². The molecule has 0 aromatic carbocycles. The first-order chi connectivity index (χ1) is 14.2. The first-order valence-corrected chi connectivity index (χ1v) is 9.82. The maximum atomic E-state index is 13.0. The van der Waals surface area contributed by atoms with Crippen molar-refractivity contribution in [2.45, 2.75) is 25.7 Å². The molecule has 8 heteroatoms. The number of carbonyl (C=O) groups excluding carboxylic acids is 2. The van der Waals surface area contributed by atoms with Gasteiger partial charge in [0.15, 0.2) is 11.3 Å². The zero-order valence-electron chi connectivity index (χ0n) is 16.0. The fraction of sp³-hybridized carbons (Fsp3) is 0.381. The zero-order valence-corrected chi connectivity index (χ0v) is 16.0. The van der Waals surface area contributed by atoms with Gasteiger partial charge in [-0.05, 0) is 31.1 Å². The Morgan fingerprint density at radius 1 is 1.31 bits per heavy atom. The van der Waals surface area contributed by atoms with Crippen LogP contribution in [0.5, 0.6) is 0 Å². The van der Waals surface area contributed by atoms with Crippen LogP contribution in [0.1, 0.15) is 31.2 Å². The number of allylic oxidation sites excluding steroid dienone is 1. The highest BCUT2D eigenvalue weighted by Crippen LogP contribution is 2.32. The van der Waals surface area contributed by atoms with Crippen LogP contribution in [0.15, 0.2) is 41.7 Å². The van der Waals surface area contributed by atoms with Crippen molar-refractivity contribution in [1.29, 1.82) is 0 Å². The number of nitrogens with one attached hydrogen (secondary N) is 1. The second-order valence-electron chi connectivity index (χ2n) is 7.02. The summed E-state index contributed by atoms with van der Waals surface area (Å²) >= 11 is 0. The molecule has 29 heavy (non-hydrogen) atoms. The highest BCUT2D eigenvalue weighted by atomic mass is 16.5. The summed E-state index contributed by atoms with van der Waals surface area (Å²) in [7, 11) is 0. The van der Waals surface area contributed by atoms with Crippen molar-refractivity contribution in [2.24, 2.45) is 0 Å². The number of hydrogen-bond donors (Lipinski definition) is 2. The molecule has 1 fully saturated rings. The van der Waals surface area contributed by atoms with Crippen LogP contribution in [0.25, 0.3) is 17.1 Å². The average molecular weight is 397 g/mol. The third-order valence-corrected chi connectivity index (χ3v) is 5.06. The zero-order chi connectivity index (χ0) is 20.2. The molecule has 2 N–H and O–H groups in total. The highest BCUT2D eigenvalue weighted by Gasteiger charge is 2.39. The van der Waals surface area contributed by atoms with Gasteiger partial charge >= 0.3 is 5.97 Å². The Balaban J connectivity index is 1.68. The van der Waals surface area contributed by atoms with E-state index < -0.39 is 11.8 Å². The number of carbonyl (C=O) groups is 2. The lowest BCUT2D eigenvalue weighted by molar-refractivity contribution is -0.141. The van der Waals surface area contributed by atoms with E-state index in [1.54, 1.807) is 18.5 Å². The monoisotopic (exact) mass is 397 g/mol. The number of aliphatic hydroxyl groups is 1. The molecule has 4 heterocycles. The van der Waals surface area contributed by atoms with Gasteiger partial charge in [-0.25, -0.2) is 9.78 Å². The Morgan fingerprint density at radius 3 is 2.86 bits per heavy atom. The second-order valence-corrected chi connectivity index (χ2v) is 7.02. The number of H-pyrrole nitrogens is 1. The Labute approximate surface area is 167 Å². The van der Waals surface area contributed by atoms with Crippen LogP contribution in [0.2, 0.25) is 0 Å². The molecule has 2 aromatic heterocycles. The van der Waals surface area contributed by atoms with Crippen molar-refractivity contribution in [3.8, 4) is 0 Å². The molecule has 0 spiro atoms. The van der Waals surface area contributed by atoms with E-state index in [4.69, 9.17) is 14.6 Å². The van der Waals surface area contributed by atoms with Gasteiger partial charge in [-0.2, -0.15) is 0 Å². The summed E-state index contributed by atoms with van der Waals surface area (Å²) in [5.74, 6) is -0.952. The normalized spacial score (nSPS) is 19.0. The van der Waals surface area contributed by atoms with Gasteiger partial charge in [-0.15, -0.1) is 0 Å². The minimum atomic E-state index is -0.771. The predicted octanol–water partition coefficient (Wildman–Crippen LogP) is 2.13. The van der Waals surface area contributed by atoms with Crippen LogP contribution in [0.3, 0.4) is 0 Å². The molecule has 0 saturated carbocycles. The molecule has 2 aliphatic rings. The summed E-state index contributed by atoms with van der Waals surface area (Å²) in [6.07, 6.45) is 9.18. The summed E-state index contributed by atoms with van der Waals surface area (Å²) in [6.45, 7) is 0.946. The first kappa shape index (κ1) is 19.2. The third kappa shape index (κ3) is 3.88. The number of aromatic amines is 1. The van der Waals surface area contributed by atoms with E-state index in [1.807, 2.05) is 17.0 Å². The number of ether oxygens (including phenoxy) is 2. The van der Waals surface area contributed by atoms with Crippen LogP contribution in [0, 0.1) is 0 Å². The van der Waals surface area contributed by atoms with E-state index >= 15 is 0 Å². The Hall–Kier alpha value is -3.13. The predicted molar refractivity (Wildman–Crippen MR) is 105 cm³/mol. The van der Waals surface area contributed by atoms with Crippen LogP contribution >= 0.6 is 0 Å². The molecule has 0 bridgehead atoms. The standard InChI is InChI=1S/C21H23N3O5/c25-10-11-28-21(27)17-18(26)16(29-20(17)24-8-3-1-2-4-9-24)12-14-13-23-19-15(14)6-5-7-22-19/h5-7,12-13,25H,1-4,8-11H2,(H,22,23)/b16-12-. The molecule has 0 atom stereocenters. The number of fused-ring (bicyclic) bond motifs is 1. The molecule has 2 aromatic rings. The van der Waals surface area contributed by atoms with Gasteiger partial charge in [0.05, 0.1) is 6.61 Å². The van der Waals surface area contributed by atoms with Gasteiger partial charge in [0.2, 0.25) is 11.7 Å². The second kappa shape index (κ2) is 8.48. The minimum Gasteiger partial charge on any atom is -0.459 e. The van der Waals surface area contributed by atoms with Crippen molar-refractivity contribution in [2.75, 3.05) is 26.3 Å². The van der Waals surface area contributed by atoms with E-state index in [0.717, 1.165) is 36.6 Å². The molecule has 1 saturated heterocycles. The van der Waals surface area contributed by atoms with Gasteiger partial charge in [0, 0.05) is 36.4 Å². The van der Waals surface area contributed by atoms with Gasteiger partial charge < -0.3 is 24.5 Å². The number of esters is 1. The first-order valence-electron chi connectivity index (χ1n) is 9.82. The summed E-state index contributed by atoms with van der Waals surface area (Å²) in [5.41, 5.74) is 1.34. The third-order valence-electron chi connectivity index (χ3n) is 5.06. The van der Waals surface area contributed by atoms with Crippen molar-refractivity contribution >= 4 is 28.9 Å². The molecule has 152 valence electrons. The summed E-state index contributed by atoms with van der Waals surface area (Å²) < 4.78 is 11.0. The smallest absolute Gasteiger partial charge is 0.347 e. The summed E-state index contributed by atoms with van der Waals surface area (Å²) in [4.78, 5) is 34.8. The van der Waals surface area contributed by atoms with E-state index in [-0.39, 0.29) is 30.4 Å². The van der Waals surface area contributed by atoms with Crippen molar-refractivity contribution < 1.29 is 24.2 Å². The maximum absolute atomic E-state index is 13.0. The van der Waals surface area contributed by atoms with Gasteiger partial charge in [-0.3, -0.25) is 4.79 Å². The molecule has 0 aliphatic carbocycles. The molecule has 8 nitrogen and oxygen atoms in total. The number of aliphatic hydroxyl groups excluding tert-OH is 1. The fourth-order valence-electron chi connectivity index (χ4n) is 3.64. The number of nitrogens with zero attached hydrogens (tertiary/aromatic N) is 2. The molecular formula is C21H23N3O5.